The lowest BCUT2D eigenvalue weighted by molar-refractivity contribution is 0.0601. The van der Waals surface area contributed by atoms with Gasteiger partial charge in [0.05, 0.1) is 31.0 Å². The Hall–Kier alpha value is -2.82. The van der Waals surface area contributed by atoms with Gasteiger partial charge in [-0.15, -0.1) is 0 Å². The molecular weight excluding hydrogens is 256 g/mol. The molecule has 0 saturated heterocycles. The van der Waals surface area contributed by atoms with Crippen LogP contribution in [0.1, 0.15) is 10.4 Å². The van der Waals surface area contributed by atoms with Crippen LogP contribution in [0.5, 0.6) is 0 Å². The minimum atomic E-state index is -0.357. The number of hydrogen-bond acceptors (Lipinski definition) is 4. The van der Waals surface area contributed by atoms with Crippen molar-refractivity contribution < 1.29 is 13.9 Å². The van der Waals surface area contributed by atoms with Crippen molar-refractivity contribution in [1.82, 2.24) is 9.97 Å². The number of methoxy groups -OCH3 is 1. The number of carbonyl (C=O) groups is 1. The summed E-state index contributed by atoms with van der Waals surface area (Å²) in [5, 5.41) is 0. The Labute approximate surface area is 115 Å². The summed E-state index contributed by atoms with van der Waals surface area (Å²) in [5.41, 5.74) is 2.98. The van der Waals surface area contributed by atoms with Crippen LogP contribution in [0, 0.1) is 0 Å². The second kappa shape index (κ2) is 5.05. The zero-order chi connectivity index (χ0) is 13.9. The minimum Gasteiger partial charge on any atom is -0.465 e. The number of benzene rings is 1. The first kappa shape index (κ1) is 12.2. The van der Waals surface area contributed by atoms with Gasteiger partial charge in [0, 0.05) is 5.56 Å². The van der Waals surface area contributed by atoms with Gasteiger partial charge in [0.2, 0.25) is 0 Å². The van der Waals surface area contributed by atoms with E-state index in [0.717, 1.165) is 22.7 Å². The molecule has 100 valence electrons. The van der Waals surface area contributed by atoms with Gasteiger partial charge in [-0.25, -0.2) is 9.78 Å². The molecule has 0 saturated carbocycles. The molecule has 0 radical (unpaired) electrons. The first-order chi connectivity index (χ1) is 9.79. The monoisotopic (exact) mass is 268 g/mol. The molecule has 0 fully saturated rings. The molecule has 0 atom stereocenters. The molecule has 0 unspecified atom stereocenters. The van der Waals surface area contributed by atoms with Crippen molar-refractivity contribution in [3.8, 4) is 22.7 Å². The molecular formula is C15H12N2O3. The first-order valence-electron chi connectivity index (χ1n) is 6.05. The number of esters is 1. The third-order valence-corrected chi connectivity index (χ3v) is 2.99. The van der Waals surface area contributed by atoms with Gasteiger partial charge in [0.15, 0.2) is 5.76 Å². The van der Waals surface area contributed by atoms with Crippen molar-refractivity contribution in [2.45, 2.75) is 0 Å². The summed E-state index contributed by atoms with van der Waals surface area (Å²) in [7, 11) is 1.36. The van der Waals surface area contributed by atoms with Gasteiger partial charge in [0.25, 0.3) is 0 Å². The number of rotatable bonds is 3. The van der Waals surface area contributed by atoms with Crippen LogP contribution < -0.4 is 0 Å². The van der Waals surface area contributed by atoms with Crippen molar-refractivity contribution in [3.05, 3.63) is 54.6 Å². The fourth-order valence-electron chi connectivity index (χ4n) is 2.00. The highest BCUT2D eigenvalue weighted by atomic mass is 16.5. The predicted molar refractivity (Wildman–Crippen MR) is 73.1 cm³/mol. The summed E-state index contributed by atoms with van der Waals surface area (Å²) >= 11 is 0. The normalized spacial score (nSPS) is 10.4. The van der Waals surface area contributed by atoms with E-state index in [9.17, 15) is 4.79 Å². The Morgan fingerprint density at radius 1 is 1.25 bits per heavy atom. The highest BCUT2D eigenvalue weighted by Gasteiger charge is 2.13. The Kier molecular flexibility index (Phi) is 3.09. The summed E-state index contributed by atoms with van der Waals surface area (Å²) in [4.78, 5) is 18.8. The molecule has 0 aliphatic heterocycles. The summed E-state index contributed by atoms with van der Waals surface area (Å²) in [6.07, 6.45) is 3.22. The fourth-order valence-corrected chi connectivity index (χ4v) is 2.00. The molecule has 1 aromatic carbocycles. The molecule has 3 rings (SSSR count). The molecule has 5 nitrogen and oxygen atoms in total. The summed E-state index contributed by atoms with van der Waals surface area (Å²) in [6, 6.07) is 10.8. The van der Waals surface area contributed by atoms with Crippen LogP contribution in [0.2, 0.25) is 0 Å². The van der Waals surface area contributed by atoms with Crippen molar-refractivity contribution in [3.63, 3.8) is 0 Å². The van der Waals surface area contributed by atoms with Crippen LogP contribution in [0.4, 0.5) is 0 Å². The SMILES string of the molecule is COC(=O)c1ccc(-c2nc[nH]c2-c2ccco2)cc1. The van der Waals surface area contributed by atoms with Crippen LogP contribution in [0.25, 0.3) is 22.7 Å². The van der Waals surface area contributed by atoms with Crippen molar-refractivity contribution in [1.29, 1.82) is 0 Å². The third-order valence-electron chi connectivity index (χ3n) is 2.99. The standard InChI is InChI=1S/C15H12N2O3/c1-19-15(18)11-6-4-10(5-7-11)13-14(17-9-16-13)12-3-2-8-20-12/h2-9H,1H3,(H,16,17). The van der Waals surface area contributed by atoms with Crippen molar-refractivity contribution >= 4 is 5.97 Å². The summed E-state index contributed by atoms with van der Waals surface area (Å²) < 4.78 is 10.0. The molecule has 1 N–H and O–H groups in total. The Bertz CT molecular complexity index is 712. The maximum atomic E-state index is 11.4. The maximum absolute atomic E-state index is 11.4. The van der Waals surface area contributed by atoms with Crippen molar-refractivity contribution in [2.24, 2.45) is 0 Å². The van der Waals surface area contributed by atoms with E-state index in [4.69, 9.17) is 4.42 Å². The lowest BCUT2D eigenvalue weighted by Crippen LogP contribution is -2.00. The van der Waals surface area contributed by atoms with E-state index >= 15 is 0 Å². The van der Waals surface area contributed by atoms with E-state index in [1.54, 1.807) is 24.7 Å². The van der Waals surface area contributed by atoms with Crippen LogP contribution in [0.15, 0.2) is 53.4 Å². The largest absolute Gasteiger partial charge is 0.465 e. The first-order valence-corrected chi connectivity index (χ1v) is 6.05. The smallest absolute Gasteiger partial charge is 0.337 e. The van der Waals surface area contributed by atoms with E-state index in [1.807, 2.05) is 24.3 Å². The maximum Gasteiger partial charge on any atom is 0.337 e. The second-order valence-electron chi connectivity index (χ2n) is 4.17. The number of furan rings is 1. The van der Waals surface area contributed by atoms with Gasteiger partial charge in [-0.3, -0.25) is 0 Å². The average molecular weight is 268 g/mol. The number of aromatic nitrogens is 2. The Morgan fingerprint density at radius 2 is 2.05 bits per heavy atom. The second-order valence-corrected chi connectivity index (χ2v) is 4.17. The number of carbonyl (C=O) groups excluding carboxylic acids is 1. The number of H-pyrrole nitrogens is 1. The van der Waals surface area contributed by atoms with E-state index in [0.29, 0.717) is 5.56 Å². The number of ether oxygens (including phenoxy) is 1. The van der Waals surface area contributed by atoms with E-state index in [2.05, 4.69) is 14.7 Å². The van der Waals surface area contributed by atoms with Crippen LogP contribution >= 0.6 is 0 Å². The molecule has 0 spiro atoms. The molecule has 0 amide bonds. The topological polar surface area (TPSA) is 68.1 Å². The molecule has 2 aromatic heterocycles. The number of aromatic amines is 1. The molecule has 20 heavy (non-hydrogen) atoms. The molecule has 0 bridgehead atoms. The number of hydrogen-bond donors (Lipinski definition) is 1. The van der Waals surface area contributed by atoms with Crippen LogP contribution in [-0.2, 0) is 4.74 Å². The van der Waals surface area contributed by atoms with E-state index in [-0.39, 0.29) is 5.97 Å². The molecule has 0 aliphatic rings. The lowest BCUT2D eigenvalue weighted by Gasteiger charge is -2.02. The van der Waals surface area contributed by atoms with Crippen LogP contribution in [0.3, 0.4) is 0 Å². The quantitative estimate of drug-likeness (QED) is 0.741. The summed E-state index contributed by atoms with van der Waals surface area (Å²) in [5.74, 6) is 0.361. The van der Waals surface area contributed by atoms with Gasteiger partial charge >= 0.3 is 5.97 Å². The predicted octanol–water partition coefficient (Wildman–Crippen LogP) is 3.12. The van der Waals surface area contributed by atoms with E-state index < -0.39 is 0 Å². The highest BCUT2D eigenvalue weighted by Crippen LogP contribution is 2.29. The molecule has 0 aliphatic carbocycles. The van der Waals surface area contributed by atoms with Crippen molar-refractivity contribution in [2.75, 3.05) is 7.11 Å². The lowest BCUT2D eigenvalue weighted by atomic mass is 10.1. The molecule has 5 heteroatoms. The zero-order valence-electron chi connectivity index (χ0n) is 10.8. The van der Waals surface area contributed by atoms with E-state index in [1.165, 1.54) is 7.11 Å². The molecule has 2 heterocycles. The van der Waals surface area contributed by atoms with Gasteiger partial charge in [0.1, 0.15) is 5.69 Å². The molecule has 3 aromatic rings. The van der Waals surface area contributed by atoms with Gasteiger partial charge in [-0.1, -0.05) is 12.1 Å². The van der Waals surface area contributed by atoms with Crippen LogP contribution in [-0.4, -0.2) is 23.0 Å². The highest BCUT2D eigenvalue weighted by molar-refractivity contribution is 5.90. The minimum absolute atomic E-state index is 0.357. The number of nitrogens with zero attached hydrogens (tertiary/aromatic N) is 1. The Morgan fingerprint density at radius 3 is 2.70 bits per heavy atom. The van der Waals surface area contributed by atoms with Gasteiger partial charge in [-0.05, 0) is 24.3 Å². The summed E-state index contributed by atoms with van der Waals surface area (Å²) in [6.45, 7) is 0. The number of imidazole rings is 1. The number of nitrogens with one attached hydrogen (secondary N) is 1. The third kappa shape index (κ3) is 2.09. The fraction of sp³-hybridized carbons (Fsp3) is 0.0667. The van der Waals surface area contributed by atoms with Gasteiger partial charge < -0.3 is 14.1 Å². The zero-order valence-corrected chi connectivity index (χ0v) is 10.8. The Balaban J connectivity index is 1.98. The van der Waals surface area contributed by atoms with Gasteiger partial charge in [-0.2, -0.15) is 0 Å². The average Bonchev–Trinajstić information content (AvgIpc) is 3.16.